The molecule has 2 aromatic rings. The van der Waals surface area contributed by atoms with Crippen molar-refractivity contribution in [2.75, 3.05) is 18.6 Å². The summed E-state index contributed by atoms with van der Waals surface area (Å²) in [5.74, 6) is 0.299. The fourth-order valence-corrected chi connectivity index (χ4v) is 2.71. The summed E-state index contributed by atoms with van der Waals surface area (Å²) < 4.78 is 4.97. The molecule has 0 spiro atoms. The second kappa shape index (κ2) is 5.52. The lowest BCUT2D eigenvalue weighted by atomic mass is 10.1. The van der Waals surface area contributed by atoms with Gasteiger partial charge in [-0.1, -0.05) is 25.1 Å². The minimum atomic E-state index is -0.107. The average Bonchev–Trinajstić information content (AvgIpc) is 2.98. The molecule has 2 heterocycles. The predicted octanol–water partition coefficient (Wildman–Crippen LogP) is 2.25. The zero-order chi connectivity index (χ0) is 14.8. The maximum Gasteiger partial charge on any atom is 0.278 e. The number of fused-ring (bicyclic) bond motifs is 1. The van der Waals surface area contributed by atoms with E-state index in [4.69, 9.17) is 4.74 Å². The van der Waals surface area contributed by atoms with Crippen LogP contribution in [0.1, 0.15) is 28.5 Å². The van der Waals surface area contributed by atoms with Gasteiger partial charge < -0.3 is 9.64 Å². The summed E-state index contributed by atoms with van der Waals surface area (Å²) in [7, 11) is 1.52. The molecule has 1 amide bonds. The van der Waals surface area contributed by atoms with Crippen LogP contribution in [0.25, 0.3) is 0 Å². The van der Waals surface area contributed by atoms with Crippen LogP contribution in [-0.4, -0.2) is 29.8 Å². The summed E-state index contributed by atoms with van der Waals surface area (Å²) in [6.45, 7) is 2.79. The molecule has 0 saturated carbocycles. The van der Waals surface area contributed by atoms with Gasteiger partial charge in [0.15, 0.2) is 5.69 Å². The van der Waals surface area contributed by atoms with Crippen LogP contribution in [0.3, 0.4) is 0 Å². The number of carbonyl (C=O) groups excluding carboxylic acids is 1. The second-order valence-corrected chi connectivity index (χ2v) is 4.95. The Morgan fingerprint density at radius 3 is 2.81 bits per heavy atom. The van der Waals surface area contributed by atoms with E-state index >= 15 is 0 Å². The predicted molar refractivity (Wildman–Crippen MR) is 79.8 cm³/mol. The Labute approximate surface area is 123 Å². The fraction of sp³-hybridized carbons (Fsp3) is 0.312. The van der Waals surface area contributed by atoms with Gasteiger partial charge in [0.05, 0.1) is 12.8 Å². The lowest BCUT2D eigenvalue weighted by Crippen LogP contribution is -2.30. The van der Waals surface area contributed by atoms with Crippen LogP contribution in [0, 0.1) is 0 Å². The van der Waals surface area contributed by atoms with Crippen LogP contribution in [0.4, 0.5) is 5.69 Å². The zero-order valence-corrected chi connectivity index (χ0v) is 12.2. The highest BCUT2D eigenvalue weighted by atomic mass is 16.5. The van der Waals surface area contributed by atoms with Crippen molar-refractivity contribution in [3.05, 3.63) is 47.2 Å². The van der Waals surface area contributed by atoms with Crippen molar-refractivity contribution < 1.29 is 9.53 Å². The Bertz CT molecular complexity index is 668. The maximum atomic E-state index is 12.7. The molecular formula is C16H17N3O2. The number of anilines is 1. The number of methoxy groups -OCH3 is 1. The largest absolute Gasteiger partial charge is 0.480 e. The number of carbonyl (C=O) groups is 1. The van der Waals surface area contributed by atoms with Gasteiger partial charge >= 0.3 is 0 Å². The van der Waals surface area contributed by atoms with Gasteiger partial charge in [-0.3, -0.25) is 4.79 Å². The minimum absolute atomic E-state index is 0.107. The first-order valence-corrected chi connectivity index (χ1v) is 7.05. The average molecular weight is 283 g/mol. The highest BCUT2D eigenvalue weighted by molar-refractivity contribution is 6.06. The molecule has 0 unspecified atom stereocenters. The third kappa shape index (κ3) is 2.35. The van der Waals surface area contributed by atoms with E-state index in [9.17, 15) is 4.79 Å². The van der Waals surface area contributed by atoms with Crippen molar-refractivity contribution >= 4 is 11.6 Å². The molecule has 1 aromatic carbocycles. The van der Waals surface area contributed by atoms with Crippen LogP contribution >= 0.6 is 0 Å². The van der Waals surface area contributed by atoms with E-state index in [2.05, 4.69) is 35.3 Å². The second-order valence-electron chi connectivity index (χ2n) is 4.95. The van der Waals surface area contributed by atoms with Crippen molar-refractivity contribution in [2.45, 2.75) is 19.8 Å². The number of hydrogen-bond donors (Lipinski definition) is 0. The van der Waals surface area contributed by atoms with Crippen molar-refractivity contribution in [3.8, 4) is 5.88 Å². The van der Waals surface area contributed by atoms with Gasteiger partial charge in [0.1, 0.15) is 0 Å². The molecule has 0 radical (unpaired) electrons. The standard InChI is InChI=1S/C16H17N3O2/c1-3-11-5-4-6-12-9-10-19(15(11)12)16(20)13-7-8-14(21-2)18-17-13/h4-8H,3,9-10H2,1-2H3. The lowest BCUT2D eigenvalue weighted by molar-refractivity contribution is 0.0983. The Morgan fingerprint density at radius 1 is 1.29 bits per heavy atom. The van der Waals surface area contributed by atoms with Crippen LogP contribution in [0.15, 0.2) is 30.3 Å². The van der Waals surface area contributed by atoms with Crippen molar-refractivity contribution in [3.63, 3.8) is 0 Å². The van der Waals surface area contributed by atoms with Crippen LogP contribution in [0.2, 0.25) is 0 Å². The number of nitrogens with zero attached hydrogens (tertiary/aromatic N) is 3. The van der Waals surface area contributed by atoms with Crippen molar-refractivity contribution in [1.29, 1.82) is 0 Å². The maximum absolute atomic E-state index is 12.7. The van der Waals surface area contributed by atoms with E-state index < -0.39 is 0 Å². The molecule has 1 aliphatic rings. The normalized spacial score (nSPS) is 13.1. The van der Waals surface area contributed by atoms with E-state index in [0.717, 1.165) is 18.5 Å². The van der Waals surface area contributed by atoms with Gasteiger partial charge in [0.25, 0.3) is 5.91 Å². The van der Waals surface area contributed by atoms with Crippen LogP contribution in [-0.2, 0) is 12.8 Å². The molecule has 0 atom stereocenters. The van der Waals surface area contributed by atoms with Gasteiger partial charge in [0, 0.05) is 12.6 Å². The molecule has 21 heavy (non-hydrogen) atoms. The molecular weight excluding hydrogens is 266 g/mol. The number of ether oxygens (including phenoxy) is 1. The summed E-state index contributed by atoms with van der Waals surface area (Å²) in [6.07, 6.45) is 1.79. The van der Waals surface area contributed by atoms with E-state index in [1.165, 1.54) is 18.2 Å². The Hall–Kier alpha value is -2.43. The molecule has 0 aliphatic carbocycles. The van der Waals surface area contributed by atoms with Crippen LogP contribution < -0.4 is 9.64 Å². The Morgan fingerprint density at radius 2 is 2.14 bits per heavy atom. The molecule has 5 heteroatoms. The monoisotopic (exact) mass is 283 g/mol. The number of benzene rings is 1. The third-order valence-corrected chi connectivity index (χ3v) is 3.77. The number of hydrogen-bond acceptors (Lipinski definition) is 4. The van der Waals surface area contributed by atoms with Gasteiger partial charge in [-0.25, -0.2) is 0 Å². The van der Waals surface area contributed by atoms with Gasteiger partial charge in [0.2, 0.25) is 5.88 Å². The number of aryl methyl sites for hydroxylation is 1. The Kier molecular flexibility index (Phi) is 3.56. The minimum Gasteiger partial charge on any atom is -0.480 e. The van der Waals surface area contributed by atoms with E-state index in [1.807, 2.05) is 4.90 Å². The summed E-state index contributed by atoms with van der Waals surface area (Å²) in [6, 6.07) is 9.52. The van der Waals surface area contributed by atoms with Gasteiger partial charge in [-0.2, -0.15) is 0 Å². The van der Waals surface area contributed by atoms with Crippen LogP contribution in [0.5, 0.6) is 5.88 Å². The molecule has 0 fully saturated rings. The van der Waals surface area contributed by atoms with Gasteiger partial charge in [-0.15, -0.1) is 10.2 Å². The van der Waals surface area contributed by atoms with Gasteiger partial charge in [-0.05, 0) is 30.0 Å². The molecule has 3 rings (SSSR count). The summed E-state index contributed by atoms with van der Waals surface area (Å²) in [5, 5.41) is 7.82. The zero-order valence-electron chi connectivity index (χ0n) is 12.2. The molecule has 0 saturated heterocycles. The van der Waals surface area contributed by atoms with E-state index in [0.29, 0.717) is 18.1 Å². The smallest absolute Gasteiger partial charge is 0.278 e. The summed E-state index contributed by atoms with van der Waals surface area (Å²) in [4.78, 5) is 14.5. The number of rotatable bonds is 3. The van der Waals surface area contributed by atoms with Crippen molar-refractivity contribution in [2.24, 2.45) is 0 Å². The first-order valence-electron chi connectivity index (χ1n) is 7.05. The van der Waals surface area contributed by atoms with E-state index in [1.54, 1.807) is 12.1 Å². The SMILES string of the molecule is CCc1cccc2c1N(C(=O)c1ccc(OC)nn1)CC2. The Balaban J connectivity index is 1.94. The number of amides is 1. The topological polar surface area (TPSA) is 55.3 Å². The van der Waals surface area contributed by atoms with Crippen molar-refractivity contribution in [1.82, 2.24) is 10.2 Å². The summed E-state index contributed by atoms with van der Waals surface area (Å²) >= 11 is 0. The van der Waals surface area contributed by atoms with E-state index in [-0.39, 0.29) is 5.91 Å². The number of para-hydroxylation sites is 1. The highest BCUT2D eigenvalue weighted by Gasteiger charge is 2.28. The molecule has 0 N–H and O–H groups in total. The first kappa shape index (κ1) is 13.5. The third-order valence-electron chi connectivity index (χ3n) is 3.77. The molecule has 1 aromatic heterocycles. The quantitative estimate of drug-likeness (QED) is 0.867. The first-order chi connectivity index (χ1) is 10.2. The molecule has 0 bridgehead atoms. The number of aromatic nitrogens is 2. The molecule has 1 aliphatic heterocycles. The fourth-order valence-electron chi connectivity index (χ4n) is 2.71. The molecule has 5 nitrogen and oxygen atoms in total. The highest BCUT2D eigenvalue weighted by Crippen LogP contribution is 2.33. The summed E-state index contributed by atoms with van der Waals surface area (Å²) in [5.41, 5.74) is 3.81. The lowest BCUT2D eigenvalue weighted by Gasteiger charge is -2.19. The molecule has 108 valence electrons.